The molecule has 1 aliphatic carbocycles. The van der Waals surface area contributed by atoms with Crippen molar-refractivity contribution < 1.29 is 18.7 Å². The Morgan fingerprint density at radius 3 is 2.52 bits per heavy atom. The minimum Gasteiger partial charge on any atom is -0.390 e. The smallest absolute Gasteiger partial charge is 0.217 e. The molecule has 214 valence electrons. The molecule has 3 atom stereocenters. The van der Waals surface area contributed by atoms with Crippen molar-refractivity contribution in [2.75, 3.05) is 13.6 Å². The number of nitrogens with one attached hydrogen (secondary N) is 1. The molecule has 0 bridgehead atoms. The fraction of sp³-hybridized carbons (Fsp3) is 0.469. The van der Waals surface area contributed by atoms with Crippen LogP contribution < -0.4 is 5.32 Å². The van der Waals surface area contributed by atoms with Crippen LogP contribution in [0.5, 0.6) is 0 Å². The maximum atomic E-state index is 13.9. The summed E-state index contributed by atoms with van der Waals surface area (Å²) in [5.41, 5.74) is 4.35. The number of aryl methyl sites for hydroxylation is 2. The van der Waals surface area contributed by atoms with E-state index in [4.69, 9.17) is 0 Å². The Morgan fingerprint density at radius 1 is 1.18 bits per heavy atom. The van der Waals surface area contributed by atoms with E-state index in [2.05, 4.69) is 65.2 Å². The van der Waals surface area contributed by atoms with Gasteiger partial charge in [-0.05, 0) is 79.5 Å². The molecule has 4 rings (SSSR count). The minimum atomic E-state index is -1.00. The van der Waals surface area contributed by atoms with Crippen LogP contribution in [0.4, 0.5) is 8.78 Å². The monoisotopic (exact) mass is 550 g/mol. The van der Waals surface area contributed by atoms with Crippen molar-refractivity contribution in [3.8, 4) is 0 Å². The molecule has 1 unspecified atom stereocenters. The highest BCUT2D eigenvalue weighted by Crippen LogP contribution is 2.41. The maximum absolute atomic E-state index is 13.9. The van der Waals surface area contributed by atoms with Gasteiger partial charge in [0.15, 0.2) is 0 Å². The van der Waals surface area contributed by atoms with Crippen LogP contribution in [-0.4, -0.2) is 51.6 Å². The van der Waals surface area contributed by atoms with Gasteiger partial charge in [-0.15, -0.1) is 0 Å². The van der Waals surface area contributed by atoms with Crippen LogP contribution in [0.3, 0.4) is 0 Å². The van der Waals surface area contributed by atoms with Crippen molar-refractivity contribution in [2.45, 2.75) is 83.4 Å². The Balaban J connectivity index is 1.69. The number of fused-ring (bicyclic) bond motifs is 1. The summed E-state index contributed by atoms with van der Waals surface area (Å²) < 4.78 is 27.8. The van der Waals surface area contributed by atoms with Gasteiger partial charge in [0.25, 0.3) is 0 Å². The molecule has 0 aliphatic heterocycles. The number of carbonyl (C=O) groups excluding carboxylic acids is 1. The van der Waals surface area contributed by atoms with Crippen molar-refractivity contribution in [2.24, 2.45) is 0 Å². The number of hydrogen-bond acceptors (Lipinski definition) is 5. The third-order valence-electron chi connectivity index (χ3n) is 8.02. The van der Waals surface area contributed by atoms with Crippen LogP contribution in [-0.2, 0) is 35.0 Å². The van der Waals surface area contributed by atoms with Gasteiger partial charge in [0.1, 0.15) is 17.5 Å². The molecule has 2 N–H and O–H groups in total. The third kappa shape index (κ3) is 6.73. The number of hydrogen-bond donors (Lipinski definition) is 2. The summed E-state index contributed by atoms with van der Waals surface area (Å²) in [7, 11) is 1.99. The molecular weight excluding hydrogens is 510 g/mol. The lowest BCUT2D eigenvalue weighted by atomic mass is 9.72. The number of aliphatic hydroxyl groups excluding tert-OH is 1. The Hall–Kier alpha value is -3.23. The summed E-state index contributed by atoms with van der Waals surface area (Å²) in [4.78, 5) is 23.4. The molecule has 0 saturated heterocycles. The van der Waals surface area contributed by atoms with Gasteiger partial charge in [-0.3, -0.25) is 9.69 Å². The average Bonchev–Trinajstić information content (AvgIpc) is 2.86. The van der Waals surface area contributed by atoms with E-state index in [9.17, 15) is 18.7 Å². The Labute approximate surface area is 235 Å². The quantitative estimate of drug-likeness (QED) is 0.422. The van der Waals surface area contributed by atoms with E-state index < -0.39 is 29.3 Å². The summed E-state index contributed by atoms with van der Waals surface area (Å²) >= 11 is 0. The molecule has 0 spiro atoms. The van der Waals surface area contributed by atoms with E-state index in [1.807, 2.05) is 20.2 Å². The first-order chi connectivity index (χ1) is 18.8. The second-order valence-electron chi connectivity index (χ2n) is 12.2. The summed E-state index contributed by atoms with van der Waals surface area (Å²) in [6, 6.07) is 11.1. The van der Waals surface area contributed by atoms with Gasteiger partial charge in [0, 0.05) is 31.4 Å². The lowest BCUT2D eigenvalue weighted by Crippen LogP contribution is -2.55. The van der Waals surface area contributed by atoms with Crippen molar-refractivity contribution in [1.29, 1.82) is 0 Å². The largest absolute Gasteiger partial charge is 0.390 e. The normalized spacial score (nSPS) is 18.8. The summed E-state index contributed by atoms with van der Waals surface area (Å²) in [5, 5.41) is 14.3. The van der Waals surface area contributed by atoms with Crippen LogP contribution in [0, 0.1) is 18.6 Å². The molecule has 1 amide bonds. The number of aromatic nitrogens is 2. The van der Waals surface area contributed by atoms with Gasteiger partial charge in [-0.1, -0.05) is 45.0 Å². The zero-order chi connectivity index (χ0) is 29.2. The highest BCUT2D eigenvalue weighted by Gasteiger charge is 2.42. The number of amides is 1. The number of halogens is 2. The molecule has 0 radical (unpaired) electrons. The van der Waals surface area contributed by atoms with Gasteiger partial charge < -0.3 is 10.4 Å². The van der Waals surface area contributed by atoms with E-state index in [1.54, 1.807) is 0 Å². The van der Waals surface area contributed by atoms with E-state index in [0.29, 0.717) is 12.0 Å². The molecule has 6 nitrogen and oxygen atoms in total. The number of carbonyl (C=O) groups is 1. The maximum Gasteiger partial charge on any atom is 0.217 e. The average molecular weight is 551 g/mol. The van der Waals surface area contributed by atoms with Gasteiger partial charge in [0.05, 0.1) is 17.7 Å². The SMILES string of the molecule is CC(=O)N[C@@H](Cc1cc(F)cc(F)c1)[C@H](O)CN(C)C1(c2cccc(C(C)(C)C)c2)CCc2nc(C)ncc2C1. The minimum absolute atomic E-state index is 0.0428. The Kier molecular flexibility index (Phi) is 8.71. The van der Waals surface area contributed by atoms with Crippen LogP contribution in [0.2, 0.25) is 0 Å². The number of rotatable bonds is 8. The van der Waals surface area contributed by atoms with E-state index >= 15 is 0 Å². The summed E-state index contributed by atoms with van der Waals surface area (Å²) in [6.07, 6.45) is 3.20. The molecule has 40 heavy (non-hydrogen) atoms. The summed E-state index contributed by atoms with van der Waals surface area (Å²) in [5.74, 6) is -0.967. The summed E-state index contributed by atoms with van der Waals surface area (Å²) in [6.45, 7) is 10.1. The molecular formula is C32H40F2N4O2. The Morgan fingerprint density at radius 2 is 1.88 bits per heavy atom. The fourth-order valence-corrected chi connectivity index (χ4v) is 5.81. The van der Waals surface area contributed by atoms with Crippen molar-refractivity contribution in [3.05, 3.63) is 94.1 Å². The predicted molar refractivity (Wildman–Crippen MR) is 152 cm³/mol. The van der Waals surface area contributed by atoms with Crippen molar-refractivity contribution in [1.82, 2.24) is 20.2 Å². The number of likely N-dealkylation sites (N-methyl/N-ethyl adjacent to an activating group) is 1. The lowest BCUT2D eigenvalue weighted by Gasteiger charge is -2.47. The molecule has 0 fully saturated rings. The zero-order valence-corrected chi connectivity index (χ0v) is 24.3. The molecule has 8 heteroatoms. The first kappa shape index (κ1) is 29.7. The predicted octanol–water partition coefficient (Wildman–Crippen LogP) is 4.79. The third-order valence-corrected chi connectivity index (χ3v) is 8.02. The van der Waals surface area contributed by atoms with E-state index in [1.165, 1.54) is 24.6 Å². The molecule has 0 saturated carbocycles. The second-order valence-corrected chi connectivity index (χ2v) is 12.2. The number of benzene rings is 2. The molecule has 1 aromatic heterocycles. The van der Waals surface area contributed by atoms with Crippen molar-refractivity contribution >= 4 is 5.91 Å². The highest BCUT2D eigenvalue weighted by atomic mass is 19.1. The van der Waals surface area contributed by atoms with E-state index in [-0.39, 0.29) is 24.3 Å². The van der Waals surface area contributed by atoms with Crippen molar-refractivity contribution in [3.63, 3.8) is 0 Å². The zero-order valence-electron chi connectivity index (χ0n) is 24.3. The van der Waals surface area contributed by atoms with Gasteiger partial charge in [-0.25, -0.2) is 18.7 Å². The molecule has 3 aromatic rings. The molecule has 1 aliphatic rings. The standard InChI is InChI=1S/C32H40F2N4O2/c1-20-35-18-23-17-32(11-10-28(23)36-20,25-9-7-8-24(15-25)31(3,4)5)38(6)19-30(40)29(37-21(2)39)14-22-12-26(33)16-27(34)13-22/h7-9,12-13,15-16,18,29-30,40H,10-11,14,17,19H2,1-6H3,(H,37,39)/t29-,30+,32?/m0/s1. The van der Waals surface area contributed by atoms with Gasteiger partial charge >= 0.3 is 0 Å². The first-order valence-electron chi connectivity index (χ1n) is 13.8. The first-order valence-corrected chi connectivity index (χ1v) is 13.8. The highest BCUT2D eigenvalue weighted by molar-refractivity contribution is 5.73. The Bertz CT molecular complexity index is 1350. The van der Waals surface area contributed by atoms with Gasteiger partial charge in [0.2, 0.25) is 5.91 Å². The van der Waals surface area contributed by atoms with Crippen LogP contribution in [0.1, 0.15) is 67.9 Å². The number of aliphatic hydroxyl groups is 1. The fourth-order valence-electron chi connectivity index (χ4n) is 5.81. The second kappa shape index (κ2) is 11.7. The van der Waals surface area contributed by atoms with Crippen LogP contribution in [0.25, 0.3) is 0 Å². The molecule has 2 aromatic carbocycles. The topological polar surface area (TPSA) is 78.4 Å². The molecule has 1 heterocycles. The lowest BCUT2D eigenvalue weighted by molar-refractivity contribution is -0.120. The number of nitrogens with zero attached hydrogens (tertiary/aromatic N) is 3. The van der Waals surface area contributed by atoms with E-state index in [0.717, 1.165) is 41.6 Å². The van der Waals surface area contributed by atoms with Gasteiger partial charge in [-0.2, -0.15) is 0 Å². The van der Waals surface area contributed by atoms with Crippen LogP contribution >= 0.6 is 0 Å². The van der Waals surface area contributed by atoms with Crippen LogP contribution in [0.15, 0.2) is 48.7 Å².